The topological polar surface area (TPSA) is 111 Å². The van der Waals surface area contributed by atoms with Crippen molar-refractivity contribution in [2.45, 2.75) is 96.8 Å². The first-order valence-corrected chi connectivity index (χ1v) is 14.4. The monoisotopic (exact) mass is 535 g/mol. The van der Waals surface area contributed by atoms with Gasteiger partial charge in [-0.25, -0.2) is 4.79 Å². The van der Waals surface area contributed by atoms with Gasteiger partial charge in [-0.15, -0.1) is 0 Å². The Balaban J connectivity index is 1.76. The van der Waals surface area contributed by atoms with E-state index in [1.807, 2.05) is 6.92 Å². The van der Waals surface area contributed by atoms with Crippen molar-refractivity contribution in [1.82, 2.24) is 5.32 Å². The lowest BCUT2D eigenvalue weighted by atomic mass is 10.0. The molecule has 8 nitrogen and oxygen atoms in total. The van der Waals surface area contributed by atoms with Crippen molar-refractivity contribution in [2.24, 2.45) is 0 Å². The van der Waals surface area contributed by atoms with Crippen LogP contribution >= 0.6 is 0 Å². The molecule has 0 heterocycles. The summed E-state index contributed by atoms with van der Waals surface area (Å²) in [6.07, 6.45) is 15.3. The quantitative estimate of drug-likeness (QED) is 0.141. The zero-order chi connectivity index (χ0) is 27.7. The van der Waals surface area contributed by atoms with Crippen LogP contribution in [0.25, 0.3) is 0 Å². The van der Waals surface area contributed by atoms with Crippen LogP contribution in [-0.2, 0) is 19.1 Å². The second-order valence-corrected chi connectivity index (χ2v) is 9.58. The first-order valence-electron chi connectivity index (χ1n) is 14.4. The van der Waals surface area contributed by atoms with Crippen LogP contribution in [0.5, 0.6) is 5.75 Å². The highest BCUT2D eigenvalue weighted by molar-refractivity contribution is 5.87. The third-order valence-corrected chi connectivity index (χ3v) is 6.27. The number of Topliss-reactive ketones (excluding diaryl/α,β-unsaturated/α-hetero) is 1. The highest BCUT2D eigenvalue weighted by atomic mass is 16.5. The largest absolute Gasteiger partial charge is 0.494 e. The number of hydrogen-bond donors (Lipinski definition) is 2. The average molecular weight is 536 g/mol. The summed E-state index contributed by atoms with van der Waals surface area (Å²) >= 11 is 0. The third kappa shape index (κ3) is 19.6. The molecule has 0 aliphatic heterocycles. The number of aromatic carboxylic acids is 1. The molecule has 0 atom stereocenters. The second kappa shape index (κ2) is 23.7. The van der Waals surface area contributed by atoms with Crippen molar-refractivity contribution < 1.29 is 33.7 Å². The van der Waals surface area contributed by atoms with Crippen LogP contribution in [0.4, 0.5) is 0 Å². The Hall–Kier alpha value is -2.45. The Labute approximate surface area is 228 Å². The summed E-state index contributed by atoms with van der Waals surface area (Å²) in [7, 11) is 0. The number of carboxylic acids is 1. The molecule has 0 aliphatic carbocycles. The third-order valence-electron chi connectivity index (χ3n) is 6.27. The molecule has 1 rings (SSSR count). The van der Waals surface area contributed by atoms with Gasteiger partial charge in [-0.3, -0.25) is 9.59 Å². The van der Waals surface area contributed by atoms with E-state index in [1.54, 1.807) is 24.3 Å². The van der Waals surface area contributed by atoms with Crippen LogP contribution in [0.3, 0.4) is 0 Å². The van der Waals surface area contributed by atoms with Gasteiger partial charge < -0.3 is 24.6 Å². The summed E-state index contributed by atoms with van der Waals surface area (Å²) < 4.78 is 16.2. The van der Waals surface area contributed by atoms with Gasteiger partial charge in [0.1, 0.15) is 12.4 Å². The number of ketones is 1. The fourth-order valence-electron chi connectivity index (χ4n) is 3.90. The maximum atomic E-state index is 11.8. The summed E-state index contributed by atoms with van der Waals surface area (Å²) in [5, 5.41) is 11.8. The predicted octanol–water partition coefficient (Wildman–Crippen LogP) is 5.96. The Morgan fingerprint density at radius 3 is 1.84 bits per heavy atom. The smallest absolute Gasteiger partial charge is 0.335 e. The second-order valence-electron chi connectivity index (χ2n) is 9.58. The normalized spacial score (nSPS) is 10.9. The van der Waals surface area contributed by atoms with Crippen LogP contribution < -0.4 is 10.1 Å². The zero-order valence-electron chi connectivity index (χ0n) is 23.3. The van der Waals surface area contributed by atoms with E-state index < -0.39 is 5.97 Å². The highest BCUT2D eigenvalue weighted by Gasteiger charge is 2.03. The van der Waals surface area contributed by atoms with Gasteiger partial charge in [0, 0.05) is 19.4 Å². The molecule has 0 radical (unpaired) electrons. The number of carbonyl (C=O) groups excluding carboxylic acids is 2. The maximum Gasteiger partial charge on any atom is 0.335 e. The number of hydrogen-bond acceptors (Lipinski definition) is 6. The minimum absolute atomic E-state index is 0.0827. The summed E-state index contributed by atoms with van der Waals surface area (Å²) in [6, 6.07) is 6.55. The van der Waals surface area contributed by atoms with E-state index in [0.29, 0.717) is 45.8 Å². The summed E-state index contributed by atoms with van der Waals surface area (Å²) in [6.45, 7) is 4.41. The molecule has 0 fully saturated rings. The molecule has 38 heavy (non-hydrogen) atoms. The van der Waals surface area contributed by atoms with Crippen molar-refractivity contribution in [3.63, 3.8) is 0 Å². The van der Waals surface area contributed by atoms with E-state index in [9.17, 15) is 14.4 Å². The number of nitrogens with one attached hydrogen (secondary N) is 1. The molecular weight excluding hydrogens is 486 g/mol. The minimum atomic E-state index is -0.922. The average Bonchev–Trinajstić information content (AvgIpc) is 2.92. The molecule has 0 bridgehead atoms. The minimum Gasteiger partial charge on any atom is -0.494 e. The highest BCUT2D eigenvalue weighted by Crippen LogP contribution is 2.15. The molecule has 8 heteroatoms. The van der Waals surface area contributed by atoms with E-state index in [4.69, 9.17) is 19.3 Å². The maximum absolute atomic E-state index is 11.8. The van der Waals surface area contributed by atoms with Gasteiger partial charge in [-0.1, -0.05) is 71.1 Å². The number of benzene rings is 1. The summed E-state index contributed by atoms with van der Waals surface area (Å²) in [4.78, 5) is 33.8. The number of carbonyl (C=O) groups is 3. The van der Waals surface area contributed by atoms with Crippen LogP contribution in [0.1, 0.15) is 107 Å². The van der Waals surface area contributed by atoms with E-state index in [-0.39, 0.29) is 23.9 Å². The van der Waals surface area contributed by atoms with Crippen molar-refractivity contribution in [1.29, 1.82) is 0 Å². The van der Waals surface area contributed by atoms with Gasteiger partial charge >= 0.3 is 5.97 Å². The molecule has 1 aromatic carbocycles. The van der Waals surface area contributed by atoms with Crippen LogP contribution in [0.2, 0.25) is 0 Å². The number of carboxylic acid groups (broad SMARTS) is 1. The lowest BCUT2D eigenvalue weighted by molar-refractivity contribution is -0.124. The molecule has 216 valence electrons. The predicted molar refractivity (Wildman–Crippen MR) is 149 cm³/mol. The molecular formula is C30H49NO7. The summed E-state index contributed by atoms with van der Waals surface area (Å²) in [5.74, 6) is -0.0282. The van der Waals surface area contributed by atoms with Crippen LogP contribution in [0, 0.1) is 0 Å². The SMILES string of the molecule is CCC(=O)COCCOCCNC(=O)CCCCCCCCCCCCCCOc1ccc(C(=O)O)cc1. The van der Waals surface area contributed by atoms with E-state index in [2.05, 4.69) is 5.32 Å². The Morgan fingerprint density at radius 1 is 0.711 bits per heavy atom. The number of ether oxygens (including phenoxy) is 3. The van der Waals surface area contributed by atoms with Gasteiger partial charge in [-0.2, -0.15) is 0 Å². The van der Waals surface area contributed by atoms with Crippen molar-refractivity contribution in [3.05, 3.63) is 29.8 Å². The van der Waals surface area contributed by atoms with Crippen LogP contribution in [-0.4, -0.2) is 62.3 Å². The Morgan fingerprint density at radius 2 is 1.26 bits per heavy atom. The molecule has 1 aromatic rings. The van der Waals surface area contributed by atoms with Crippen LogP contribution in [0.15, 0.2) is 24.3 Å². The lowest BCUT2D eigenvalue weighted by Crippen LogP contribution is -2.27. The number of amides is 1. The Kier molecular flexibility index (Phi) is 20.9. The molecule has 0 unspecified atom stereocenters. The standard InChI is InChI=1S/C30H49NO7/c1-2-27(32)25-37-24-23-36-22-20-31-29(33)15-13-11-9-7-5-3-4-6-8-10-12-14-21-38-28-18-16-26(17-19-28)30(34)35/h16-19H,2-15,20-25H2,1H3,(H,31,33)(H,34,35). The fourth-order valence-corrected chi connectivity index (χ4v) is 3.90. The van der Waals surface area contributed by atoms with Gasteiger partial charge in [0.25, 0.3) is 0 Å². The Bertz CT molecular complexity index is 751. The first kappa shape index (κ1) is 33.6. The first-order chi connectivity index (χ1) is 18.5. The van der Waals surface area contributed by atoms with E-state index in [1.165, 1.54) is 51.4 Å². The van der Waals surface area contributed by atoms with Crippen molar-refractivity contribution in [3.8, 4) is 5.75 Å². The van der Waals surface area contributed by atoms with Crippen molar-refractivity contribution in [2.75, 3.05) is 39.6 Å². The number of unbranched alkanes of at least 4 members (excludes halogenated alkanes) is 11. The molecule has 1 amide bonds. The zero-order valence-corrected chi connectivity index (χ0v) is 23.3. The van der Waals surface area contributed by atoms with Gasteiger partial charge in [0.05, 0.1) is 32.0 Å². The molecule has 2 N–H and O–H groups in total. The molecule has 0 aliphatic rings. The van der Waals surface area contributed by atoms with E-state index >= 15 is 0 Å². The summed E-state index contributed by atoms with van der Waals surface area (Å²) in [5.41, 5.74) is 0.276. The van der Waals surface area contributed by atoms with Crippen molar-refractivity contribution >= 4 is 17.7 Å². The lowest BCUT2D eigenvalue weighted by Gasteiger charge is -2.07. The van der Waals surface area contributed by atoms with Gasteiger partial charge in [0.15, 0.2) is 5.78 Å². The number of rotatable bonds is 26. The van der Waals surface area contributed by atoms with E-state index in [0.717, 1.165) is 31.4 Å². The molecule has 0 saturated heterocycles. The molecule has 0 saturated carbocycles. The van der Waals surface area contributed by atoms with Gasteiger partial charge in [0.2, 0.25) is 5.91 Å². The molecule has 0 spiro atoms. The van der Waals surface area contributed by atoms with Gasteiger partial charge in [-0.05, 0) is 37.1 Å². The fraction of sp³-hybridized carbons (Fsp3) is 0.700. The molecule has 0 aromatic heterocycles.